The Morgan fingerprint density at radius 3 is 1.80 bits per heavy atom. The van der Waals surface area contributed by atoms with Crippen molar-refractivity contribution >= 4 is 43.7 Å². The first-order chi connectivity index (χ1) is 12.2. The minimum atomic E-state index is 0.412. The predicted octanol–water partition coefficient (Wildman–Crippen LogP) is 5.48. The Morgan fingerprint density at radius 2 is 1.36 bits per heavy atom. The van der Waals surface area contributed by atoms with Gasteiger partial charge in [-0.15, -0.1) is 0 Å². The largest absolute Gasteiger partial charge is 0.479 e. The van der Waals surface area contributed by atoms with E-state index >= 15 is 0 Å². The molecule has 0 atom stereocenters. The lowest BCUT2D eigenvalue weighted by atomic mass is 9.93. The van der Waals surface area contributed by atoms with Gasteiger partial charge in [0.25, 0.3) is 0 Å². The third kappa shape index (κ3) is 2.81. The monoisotopic (exact) mass is 332 g/mol. The smallest absolute Gasteiger partial charge is 0.158 e. The first-order valence-corrected chi connectivity index (χ1v) is 8.19. The highest BCUT2D eigenvalue weighted by Crippen LogP contribution is 2.37. The molecule has 0 spiro atoms. The fourth-order valence-electron chi connectivity index (χ4n) is 3.36. The van der Waals surface area contributed by atoms with Crippen LogP contribution in [-0.2, 0) is 9.57 Å². The minimum absolute atomic E-state index is 0.412. The second-order valence-corrected chi connectivity index (χ2v) is 6.20. The molecule has 0 unspecified atom stereocenters. The molecule has 0 heterocycles. The maximum atomic E-state index is 5.41. The normalized spacial score (nSPS) is 11.3. The molecule has 0 aliphatic rings. The SMILES string of the molecule is C=C(C)OCNc1cc2ccc3cc(NOC)cc4ccc(c1)c2c34. The molecule has 25 heavy (non-hydrogen) atoms. The first kappa shape index (κ1) is 15.5. The van der Waals surface area contributed by atoms with E-state index in [2.05, 4.69) is 65.9 Å². The fraction of sp³-hybridized carbons (Fsp3) is 0.143. The van der Waals surface area contributed by atoms with Crippen molar-refractivity contribution in [2.75, 3.05) is 24.6 Å². The highest BCUT2D eigenvalue weighted by atomic mass is 16.6. The second-order valence-electron chi connectivity index (χ2n) is 6.20. The van der Waals surface area contributed by atoms with Gasteiger partial charge in [-0.3, -0.25) is 10.3 Å². The van der Waals surface area contributed by atoms with E-state index in [1.165, 1.54) is 32.3 Å². The van der Waals surface area contributed by atoms with Gasteiger partial charge in [-0.2, -0.15) is 0 Å². The van der Waals surface area contributed by atoms with Gasteiger partial charge in [0, 0.05) is 5.69 Å². The Morgan fingerprint density at radius 1 is 0.880 bits per heavy atom. The van der Waals surface area contributed by atoms with E-state index in [0.717, 1.165) is 11.4 Å². The summed E-state index contributed by atoms with van der Waals surface area (Å²) in [6.45, 7) is 6.00. The van der Waals surface area contributed by atoms with Gasteiger partial charge in [0.1, 0.15) is 0 Å². The molecule has 126 valence electrons. The van der Waals surface area contributed by atoms with Gasteiger partial charge >= 0.3 is 0 Å². The van der Waals surface area contributed by atoms with E-state index < -0.39 is 0 Å². The van der Waals surface area contributed by atoms with Gasteiger partial charge in [0.2, 0.25) is 0 Å². The van der Waals surface area contributed by atoms with Crippen molar-refractivity contribution in [1.29, 1.82) is 0 Å². The van der Waals surface area contributed by atoms with Crippen molar-refractivity contribution in [3.63, 3.8) is 0 Å². The number of hydrogen-bond acceptors (Lipinski definition) is 4. The molecular formula is C21H20N2O2. The molecule has 0 aromatic heterocycles. The quantitative estimate of drug-likeness (QED) is 0.212. The van der Waals surface area contributed by atoms with E-state index in [9.17, 15) is 0 Å². The summed E-state index contributed by atoms with van der Waals surface area (Å²) in [5, 5.41) is 10.7. The van der Waals surface area contributed by atoms with Crippen LogP contribution >= 0.6 is 0 Å². The summed E-state index contributed by atoms with van der Waals surface area (Å²) >= 11 is 0. The molecule has 4 nitrogen and oxygen atoms in total. The van der Waals surface area contributed by atoms with Crippen molar-refractivity contribution in [3.8, 4) is 0 Å². The molecule has 4 aromatic carbocycles. The zero-order valence-corrected chi connectivity index (χ0v) is 14.3. The molecule has 0 bridgehead atoms. The number of nitrogens with one attached hydrogen (secondary N) is 2. The van der Waals surface area contributed by atoms with Crippen LogP contribution < -0.4 is 10.8 Å². The van der Waals surface area contributed by atoms with Crippen LogP contribution in [0.5, 0.6) is 0 Å². The molecule has 0 aliphatic carbocycles. The number of anilines is 2. The molecule has 4 heteroatoms. The van der Waals surface area contributed by atoms with Crippen LogP contribution in [0.2, 0.25) is 0 Å². The zero-order valence-electron chi connectivity index (χ0n) is 14.3. The molecule has 0 saturated heterocycles. The summed E-state index contributed by atoms with van der Waals surface area (Å²) in [5.41, 5.74) is 4.91. The molecule has 0 aliphatic heterocycles. The number of allylic oxidation sites excluding steroid dienone is 1. The molecule has 0 fully saturated rings. The Hall–Kier alpha value is -2.98. The molecule has 2 N–H and O–H groups in total. The van der Waals surface area contributed by atoms with E-state index in [1.54, 1.807) is 7.11 Å². The number of ether oxygens (including phenoxy) is 1. The molecule has 4 rings (SSSR count). The summed E-state index contributed by atoms with van der Waals surface area (Å²) < 4.78 is 5.41. The summed E-state index contributed by atoms with van der Waals surface area (Å²) in [6, 6.07) is 17.2. The van der Waals surface area contributed by atoms with Gasteiger partial charge < -0.3 is 10.1 Å². The Bertz CT molecular complexity index is 1010. The number of benzene rings is 4. The van der Waals surface area contributed by atoms with E-state index in [4.69, 9.17) is 9.57 Å². The molecule has 0 saturated carbocycles. The van der Waals surface area contributed by atoms with Crippen molar-refractivity contribution in [2.45, 2.75) is 6.92 Å². The van der Waals surface area contributed by atoms with Gasteiger partial charge in [0.05, 0.1) is 18.6 Å². The fourth-order valence-corrected chi connectivity index (χ4v) is 3.36. The third-order valence-electron chi connectivity index (χ3n) is 4.35. The Labute approximate surface area is 146 Å². The van der Waals surface area contributed by atoms with Gasteiger partial charge in [-0.1, -0.05) is 30.8 Å². The predicted molar refractivity (Wildman–Crippen MR) is 105 cm³/mol. The standard InChI is InChI=1S/C21H20N2O2/c1-13(2)25-12-22-18-8-14-4-6-16-10-19(23-24-3)11-17-7-5-15(9-18)20(14)21(16)17/h4-11,22-23H,1,12H2,2-3H3. The van der Waals surface area contributed by atoms with Crippen LogP contribution in [0.1, 0.15) is 6.92 Å². The van der Waals surface area contributed by atoms with E-state index in [-0.39, 0.29) is 0 Å². The molecule has 4 aromatic rings. The van der Waals surface area contributed by atoms with Crippen molar-refractivity contribution in [3.05, 3.63) is 60.9 Å². The van der Waals surface area contributed by atoms with Crippen molar-refractivity contribution in [1.82, 2.24) is 0 Å². The maximum Gasteiger partial charge on any atom is 0.158 e. The Balaban J connectivity index is 1.84. The second kappa shape index (κ2) is 6.15. The first-order valence-electron chi connectivity index (χ1n) is 8.19. The minimum Gasteiger partial charge on any atom is -0.479 e. The van der Waals surface area contributed by atoms with Crippen LogP contribution in [0, 0.1) is 0 Å². The molecular weight excluding hydrogens is 312 g/mol. The van der Waals surface area contributed by atoms with Crippen LogP contribution in [-0.4, -0.2) is 13.8 Å². The van der Waals surface area contributed by atoms with Crippen LogP contribution in [0.25, 0.3) is 32.3 Å². The lowest BCUT2D eigenvalue weighted by molar-refractivity contribution is 0.239. The van der Waals surface area contributed by atoms with Crippen LogP contribution in [0.4, 0.5) is 11.4 Å². The summed E-state index contributed by atoms with van der Waals surface area (Å²) in [5.74, 6) is 0.700. The summed E-state index contributed by atoms with van der Waals surface area (Å²) in [7, 11) is 1.62. The average molecular weight is 332 g/mol. The highest BCUT2D eigenvalue weighted by molar-refractivity contribution is 6.24. The zero-order chi connectivity index (χ0) is 17.4. The maximum absolute atomic E-state index is 5.41. The third-order valence-corrected chi connectivity index (χ3v) is 4.35. The van der Waals surface area contributed by atoms with Crippen LogP contribution in [0.3, 0.4) is 0 Å². The molecule has 0 amide bonds. The highest BCUT2D eigenvalue weighted by Gasteiger charge is 2.10. The number of rotatable bonds is 6. The summed E-state index contributed by atoms with van der Waals surface area (Å²) in [4.78, 5) is 5.05. The van der Waals surface area contributed by atoms with Crippen molar-refractivity contribution in [2.24, 2.45) is 0 Å². The summed E-state index contributed by atoms with van der Waals surface area (Å²) in [6.07, 6.45) is 0. The molecule has 0 radical (unpaired) electrons. The Kier molecular flexibility index (Phi) is 3.82. The van der Waals surface area contributed by atoms with Crippen LogP contribution in [0.15, 0.2) is 60.9 Å². The average Bonchev–Trinajstić information content (AvgIpc) is 2.59. The lowest BCUT2D eigenvalue weighted by Crippen LogP contribution is -2.04. The van der Waals surface area contributed by atoms with E-state index in [1.807, 2.05) is 6.92 Å². The van der Waals surface area contributed by atoms with Gasteiger partial charge in [-0.05, 0) is 63.5 Å². The van der Waals surface area contributed by atoms with Gasteiger partial charge in [0.15, 0.2) is 6.73 Å². The lowest BCUT2D eigenvalue weighted by Gasteiger charge is -2.15. The number of hydrogen-bond donors (Lipinski definition) is 2. The van der Waals surface area contributed by atoms with Gasteiger partial charge in [-0.25, -0.2) is 0 Å². The topological polar surface area (TPSA) is 42.5 Å². The van der Waals surface area contributed by atoms with Crippen molar-refractivity contribution < 1.29 is 9.57 Å². The van der Waals surface area contributed by atoms with E-state index in [0.29, 0.717) is 12.5 Å².